The van der Waals surface area contributed by atoms with Gasteiger partial charge in [-0.05, 0) is 125 Å². The zero-order chi connectivity index (χ0) is 24.9. The molecule has 0 amide bonds. The van der Waals surface area contributed by atoms with Gasteiger partial charge in [-0.3, -0.25) is 0 Å². The second-order valence-electron chi connectivity index (χ2n) is 11.1. The summed E-state index contributed by atoms with van der Waals surface area (Å²) in [6.45, 7) is 28.3. The second-order valence-corrected chi connectivity index (χ2v) is 15.3. The van der Waals surface area contributed by atoms with Gasteiger partial charge in [0.15, 0.2) is 8.07 Å². The summed E-state index contributed by atoms with van der Waals surface area (Å²) < 4.78 is 5.11. The highest BCUT2D eigenvalue weighted by molar-refractivity contribution is 7.00. The van der Waals surface area contributed by atoms with E-state index in [1.807, 2.05) is 0 Å². The lowest BCUT2D eigenvalue weighted by Crippen LogP contribution is -2.59. The number of hydrogen-bond acceptors (Lipinski definition) is 0. The fourth-order valence-corrected chi connectivity index (χ4v) is 11.4. The number of aryl methyl sites for hydroxylation is 8. The number of nitrogens with zero attached hydrogens (tertiary/aromatic N) is 2. The van der Waals surface area contributed by atoms with Crippen LogP contribution in [0.4, 0.5) is 0 Å². The lowest BCUT2D eigenvalue weighted by molar-refractivity contribution is 0.968. The minimum absolute atomic E-state index is 1.43. The van der Waals surface area contributed by atoms with Gasteiger partial charge in [-0.15, -0.1) is 0 Å². The van der Waals surface area contributed by atoms with E-state index in [4.69, 9.17) is 0 Å². The van der Waals surface area contributed by atoms with E-state index in [0.29, 0.717) is 0 Å². The minimum atomic E-state index is -2.04. The molecule has 0 bridgehead atoms. The summed E-state index contributed by atoms with van der Waals surface area (Å²) in [6, 6.07) is 0. The summed E-state index contributed by atoms with van der Waals surface area (Å²) >= 11 is 0. The predicted octanol–water partition coefficient (Wildman–Crippen LogP) is 6.58. The van der Waals surface area contributed by atoms with Crippen molar-refractivity contribution in [3.8, 4) is 0 Å². The highest BCUT2D eigenvalue weighted by atomic mass is 28.3. The Morgan fingerprint density at radius 1 is 0.394 bits per heavy atom. The van der Waals surface area contributed by atoms with Crippen LogP contribution in [0.5, 0.6) is 0 Å². The van der Waals surface area contributed by atoms with Crippen LogP contribution in [0, 0.1) is 69.2 Å². The van der Waals surface area contributed by atoms with Crippen molar-refractivity contribution in [2.45, 2.75) is 82.3 Å². The lowest BCUT2D eigenvalue weighted by atomic mass is 9.94. The van der Waals surface area contributed by atoms with Gasteiger partial charge in [0, 0.05) is 35.5 Å². The molecule has 4 rings (SSSR count). The number of hydrogen-bond donors (Lipinski definition) is 0. The summed E-state index contributed by atoms with van der Waals surface area (Å²) in [5, 5.41) is 6.08. The van der Waals surface area contributed by atoms with Crippen LogP contribution in [0.1, 0.15) is 55.6 Å². The third-order valence-electron chi connectivity index (χ3n) is 9.30. The molecule has 3 heteroatoms. The highest BCUT2D eigenvalue weighted by Crippen LogP contribution is 2.35. The molecule has 0 aliphatic heterocycles. The van der Waals surface area contributed by atoms with E-state index in [-0.39, 0.29) is 0 Å². The Hall–Kier alpha value is -2.26. The van der Waals surface area contributed by atoms with Crippen molar-refractivity contribution in [1.82, 2.24) is 9.13 Å². The Morgan fingerprint density at radius 3 is 0.970 bits per heavy atom. The van der Waals surface area contributed by atoms with Gasteiger partial charge in [-0.25, -0.2) is 0 Å². The molecule has 2 aromatic carbocycles. The largest absolute Gasteiger partial charge is 0.351 e. The molecule has 0 unspecified atom stereocenters. The van der Waals surface area contributed by atoms with Crippen molar-refractivity contribution in [2.75, 3.05) is 0 Å². The Kier molecular flexibility index (Phi) is 5.33. The van der Waals surface area contributed by atoms with E-state index in [1.165, 1.54) is 77.4 Å². The summed E-state index contributed by atoms with van der Waals surface area (Å²) in [4.78, 5) is 0. The molecular formula is C30H42N2Si. The summed E-state index contributed by atoms with van der Waals surface area (Å²) in [6.07, 6.45) is 0. The van der Waals surface area contributed by atoms with Crippen LogP contribution < -0.4 is 10.6 Å². The molecule has 2 aromatic heterocycles. The quantitative estimate of drug-likeness (QED) is 0.300. The minimum Gasteiger partial charge on any atom is -0.351 e. The van der Waals surface area contributed by atoms with Gasteiger partial charge < -0.3 is 9.13 Å². The first-order chi connectivity index (χ1) is 15.2. The van der Waals surface area contributed by atoms with E-state index in [1.54, 1.807) is 10.6 Å². The van der Waals surface area contributed by atoms with Crippen molar-refractivity contribution in [2.24, 2.45) is 14.1 Å². The molecule has 0 aliphatic carbocycles. The van der Waals surface area contributed by atoms with E-state index in [2.05, 4.69) is 106 Å². The number of fused-ring (bicyclic) bond motifs is 2. The zero-order valence-electron chi connectivity index (χ0n) is 23.4. The normalized spacial score (nSPS) is 12.5. The molecule has 0 spiro atoms. The van der Waals surface area contributed by atoms with Gasteiger partial charge in [0.25, 0.3) is 0 Å². The van der Waals surface area contributed by atoms with E-state index in [0.717, 1.165) is 0 Å². The van der Waals surface area contributed by atoms with Gasteiger partial charge >= 0.3 is 0 Å². The third kappa shape index (κ3) is 2.84. The fraction of sp³-hybridized carbons (Fsp3) is 0.467. The fourth-order valence-electron chi connectivity index (χ4n) is 7.19. The molecule has 176 valence electrons. The van der Waals surface area contributed by atoms with Gasteiger partial charge in [-0.2, -0.15) is 0 Å². The van der Waals surface area contributed by atoms with E-state index in [9.17, 15) is 0 Å². The Labute approximate surface area is 201 Å². The Bertz CT molecular complexity index is 1270. The maximum absolute atomic E-state index is 2.56. The van der Waals surface area contributed by atoms with Crippen molar-refractivity contribution < 1.29 is 0 Å². The standard InChI is InChI=1S/C30H42N2Si/c1-15-17(3)21(7)27-25(19(15)5)23(9)29(31(27)11)33(13,14)30-24(10)26-20(6)16(2)18(4)22(8)28(26)32(30)12/h1-14H3. The second kappa shape index (κ2) is 7.37. The smallest absolute Gasteiger partial charge is 0.153 e. The van der Waals surface area contributed by atoms with E-state index >= 15 is 0 Å². The monoisotopic (exact) mass is 458 g/mol. The molecule has 4 aromatic rings. The maximum atomic E-state index is 2.56. The van der Waals surface area contributed by atoms with Crippen molar-refractivity contribution in [1.29, 1.82) is 0 Å². The average molecular weight is 459 g/mol. The van der Waals surface area contributed by atoms with Gasteiger partial charge in [-0.1, -0.05) is 13.1 Å². The first-order valence-corrected chi connectivity index (χ1v) is 15.3. The molecule has 0 aliphatic rings. The molecule has 2 nitrogen and oxygen atoms in total. The van der Waals surface area contributed by atoms with Crippen molar-refractivity contribution in [3.63, 3.8) is 0 Å². The van der Waals surface area contributed by atoms with Crippen LogP contribution in [0.25, 0.3) is 21.8 Å². The van der Waals surface area contributed by atoms with E-state index < -0.39 is 8.07 Å². The summed E-state index contributed by atoms with van der Waals surface area (Å²) in [5.74, 6) is 0. The van der Waals surface area contributed by atoms with Gasteiger partial charge in [0.2, 0.25) is 0 Å². The molecule has 0 saturated heterocycles. The third-order valence-corrected chi connectivity index (χ3v) is 13.1. The zero-order valence-corrected chi connectivity index (χ0v) is 24.4. The SMILES string of the molecule is Cc1c(C)c(C)c2c(c1C)c(C)c([Si](C)(C)c1c(C)c3c(C)c(C)c(C)c(C)c3n1C)n2C. The molecule has 2 heterocycles. The average Bonchev–Trinajstić information content (AvgIpc) is 3.17. The first-order valence-electron chi connectivity index (χ1n) is 12.3. The molecule has 0 N–H and O–H groups in total. The van der Waals surface area contributed by atoms with Crippen LogP contribution in [-0.4, -0.2) is 17.2 Å². The molecule has 0 fully saturated rings. The Balaban J connectivity index is 2.17. The highest BCUT2D eigenvalue weighted by Gasteiger charge is 2.38. The van der Waals surface area contributed by atoms with Crippen LogP contribution in [0.2, 0.25) is 13.1 Å². The summed E-state index contributed by atoms with van der Waals surface area (Å²) in [7, 11) is 2.58. The van der Waals surface area contributed by atoms with Crippen LogP contribution in [-0.2, 0) is 14.1 Å². The topological polar surface area (TPSA) is 9.86 Å². The maximum Gasteiger partial charge on any atom is 0.153 e. The number of benzene rings is 2. The predicted molar refractivity (Wildman–Crippen MR) is 150 cm³/mol. The molecule has 0 saturated carbocycles. The van der Waals surface area contributed by atoms with Gasteiger partial charge in [0.1, 0.15) is 0 Å². The molecular weight excluding hydrogens is 416 g/mol. The first kappa shape index (κ1) is 23.9. The Morgan fingerprint density at radius 2 is 0.667 bits per heavy atom. The summed E-state index contributed by atoms with van der Waals surface area (Å²) in [5.41, 5.74) is 17.3. The van der Waals surface area contributed by atoms with Crippen LogP contribution >= 0.6 is 0 Å². The van der Waals surface area contributed by atoms with Gasteiger partial charge in [0.05, 0.1) is 11.0 Å². The lowest BCUT2D eigenvalue weighted by Gasteiger charge is -2.27. The molecule has 0 radical (unpaired) electrons. The number of rotatable bonds is 2. The molecule has 0 atom stereocenters. The van der Waals surface area contributed by atoms with Crippen LogP contribution in [0.15, 0.2) is 0 Å². The molecule has 33 heavy (non-hydrogen) atoms. The van der Waals surface area contributed by atoms with Crippen molar-refractivity contribution in [3.05, 3.63) is 55.6 Å². The number of aromatic nitrogens is 2. The van der Waals surface area contributed by atoms with Crippen LogP contribution in [0.3, 0.4) is 0 Å². The van der Waals surface area contributed by atoms with Crippen molar-refractivity contribution >= 4 is 40.5 Å².